The zero-order chi connectivity index (χ0) is 19.4. The number of hydrogen-bond acceptors (Lipinski definition) is 5. The van der Waals surface area contributed by atoms with Gasteiger partial charge in [-0.15, -0.1) is 0 Å². The Bertz CT molecular complexity index is 966. The number of aryl methyl sites for hydroxylation is 2. The van der Waals surface area contributed by atoms with Gasteiger partial charge < -0.3 is 15.2 Å². The molecule has 1 aliphatic heterocycles. The van der Waals surface area contributed by atoms with E-state index in [0.29, 0.717) is 15.8 Å². The van der Waals surface area contributed by atoms with Crippen molar-refractivity contribution < 1.29 is 19.4 Å². The minimum absolute atomic E-state index is 0.221. The molecule has 0 bridgehead atoms. The number of hydrogen-bond donors (Lipinski definition) is 2. The highest BCUT2D eigenvalue weighted by atomic mass is 32.2. The molecule has 2 N–H and O–H groups in total. The number of thioether (sulfide) groups is 1. The number of amides is 1. The molecule has 1 heterocycles. The Hall–Kier alpha value is -3.06. The number of aliphatic carboxylic acids is 1. The highest BCUT2D eigenvalue weighted by molar-refractivity contribution is 8.18. The number of carbonyl (C=O) groups excluding carboxylic acids is 1. The molecule has 3 rings (SSSR count). The van der Waals surface area contributed by atoms with Crippen molar-refractivity contribution in [3.05, 3.63) is 64.1 Å². The maximum absolute atomic E-state index is 12.2. The molecule has 0 aromatic heterocycles. The Morgan fingerprint density at radius 3 is 2.85 bits per heavy atom. The molecule has 6 nitrogen and oxygen atoms in total. The van der Waals surface area contributed by atoms with E-state index in [9.17, 15) is 9.59 Å². The molecule has 0 saturated carbocycles. The summed E-state index contributed by atoms with van der Waals surface area (Å²) in [6, 6.07) is 12.9. The van der Waals surface area contributed by atoms with Gasteiger partial charge >= 0.3 is 5.97 Å². The molecule has 1 saturated heterocycles. The first kappa shape index (κ1) is 18.7. The van der Waals surface area contributed by atoms with Crippen molar-refractivity contribution in [2.75, 3.05) is 6.61 Å². The highest BCUT2D eigenvalue weighted by Crippen LogP contribution is 2.30. The van der Waals surface area contributed by atoms with Crippen LogP contribution in [0.4, 0.5) is 5.69 Å². The van der Waals surface area contributed by atoms with Crippen LogP contribution in [0.15, 0.2) is 52.4 Å². The number of nitrogens with one attached hydrogen (secondary N) is 1. The molecule has 7 heteroatoms. The summed E-state index contributed by atoms with van der Waals surface area (Å²) in [7, 11) is 0. The summed E-state index contributed by atoms with van der Waals surface area (Å²) in [5, 5.41) is 12.0. The lowest BCUT2D eigenvalue weighted by atomic mass is 10.1. The van der Waals surface area contributed by atoms with Gasteiger partial charge in [-0.1, -0.05) is 24.3 Å². The van der Waals surface area contributed by atoms with Crippen molar-refractivity contribution >= 4 is 40.6 Å². The second-order valence-electron chi connectivity index (χ2n) is 6.03. The maximum Gasteiger partial charge on any atom is 0.341 e. The predicted octanol–water partition coefficient (Wildman–Crippen LogP) is 3.66. The van der Waals surface area contributed by atoms with Crippen molar-refractivity contribution in [1.29, 1.82) is 0 Å². The number of benzene rings is 2. The Balaban J connectivity index is 1.79. The van der Waals surface area contributed by atoms with Gasteiger partial charge in [0.2, 0.25) is 0 Å². The number of carboxylic acids is 1. The lowest BCUT2D eigenvalue weighted by molar-refractivity contribution is -0.139. The molecule has 1 aliphatic rings. The van der Waals surface area contributed by atoms with Crippen LogP contribution in [0.1, 0.15) is 16.7 Å². The second-order valence-corrected chi connectivity index (χ2v) is 7.06. The van der Waals surface area contributed by atoms with Crippen LogP contribution in [0.2, 0.25) is 0 Å². The number of aliphatic imine (C=N–C) groups is 1. The minimum atomic E-state index is -1.04. The topological polar surface area (TPSA) is 88.0 Å². The second kappa shape index (κ2) is 8.09. The van der Waals surface area contributed by atoms with Gasteiger partial charge in [0.05, 0.1) is 10.6 Å². The number of rotatable bonds is 5. The molecule has 0 atom stereocenters. The van der Waals surface area contributed by atoms with Crippen LogP contribution >= 0.6 is 11.8 Å². The lowest BCUT2D eigenvalue weighted by Gasteiger charge is -2.04. The van der Waals surface area contributed by atoms with Crippen LogP contribution in [0, 0.1) is 13.8 Å². The fourth-order valence-electron chi connectivity index (χ4n) is 2.42. The average Bonchev–Trinajstić information content (AvgIpc) is 2.96. The van der Waals surface area contributed by atoms with E-state index in [-0.39, 0.29) is 5.91 Å². The van der Waals surface area contributed by atoms with Crippen molar-refractivity contribution in [3.63, 3.8) is 0 Å². The third-order valence-electron chi connectivity index (χ3n) is 3.76. The standard InChI is InChI=1S/C20H18N2O4S/c1-12-6-7-13(2)16(8-12)21-20-22-19(25)17(27-20)10-14-4-3-5-15(9-14)26-11-18(23)24/h3-10H,11H2,1-2H3,(H,23,24)(H,21,22,25)/b17-10+. The summed E-state index contributed by atoms with van der Waals surface area (Å²) < 4.78 is 5.16. The van der Waals surface area contributed by atoms with Gasteiger partial charge in [-0.25, -0.2) is 9.79 Å². The molecule has 1 fully saturated rings. The molecule has 0 unspecified atom stereocenters. The lowest BCUT2D eigenvalue weighted by Crippen LogP contribution is -2.19. The van der Waals surface area contributed by atoms with Gasteiger partial charge in [0.25, 0.3) is 5.91 Å². The Kier molecular flexibility index (Phi) is 5.61. The van der Waals surface area contributed by atoms with E-state index < -0.39 is 12.6 Å². The van der Waals surface area contributed by atoms with Gasteiger partial charge in [0.15, 0.2) is 11.8 Å². The van der Waals surface area contributed by atoms with Gasteiger partial charge in [-0.3, -0.25) is 4.79 Å². The number of nitrogens with zero attached hydrogens (tertiary/aromatic N) is 1. The maximum atomic E-state index is 12.2. The molecule has 0 aliphatic carbocycles. The fourth-order valence-corrected chi connectivity index (χ4v) is 3.26. The Labute approximate surface area is 161 Å². The first-order valence-electron chi connectivity index (χ1n) is 8.22. The molecular formula is C20H18N2O4S. The third kappa shape index (κ3) is 4.98. The first-order valence-corrected chi connectivity index (χ1v) is 9.04. The first-order chi connectivity index (χ1) is 12.9. The number of amidine groups is 1. The molecule has 0 radical (unpaired) electrons. The summed E-state index contributed by atoms with van der Waals surface area (Å²) in [5.41, 5.74) is 3.69. The van der Waals surface area contributed by atoms with Crippen molar-refractivity contribution in [2.45, 2.75) is 13.8 Å². The number of carboxylic acid groups (broad SMARTS) is 1. The summed E-state index contributed by atoms with van der Waals surface area (Å²) in [4.78, 5) is 27.9. The summed E-state index contributed by atoms with van der Waals surface area (Å²) >= 11 is 1.26. The smallest absolute Gasteiger partial charge is 0.341 e. The van der Waals surface area contributed by atoms with E-state index in [1.54, 1.807) is 24.3 Å². The van der Waals surface area contributed by atoms with Crippen LogP contribution in [0.25, 0.3) is 6.08 Å². The molecule has 1 amide bonds. The van der Waals surface area contributed by atoms with Crippen molar-refractivity contribution in [1.82, 2.24) is 5.32 Å². The number of ether oxygens (including phenoxy) is 1. The molecular weight excluding hydrogens is 364 g/mol. The van der Waals surface area contributed by atoms with Gasteiger partial charge in [-0.05, 0) is 66.6 Å². The number of carbonyl (C=O) groups is 2. The zero-order valence-electron chi connectivity index (χ0n) is 14.9. The highest BCUT2D eigenvalue weighted by Gasteiger charge is 2.24. The van der Waals surface area contributed by atoms with E-state index in [4.69, 9.17) is 9.84 Å². The fraction of sp³-hybridized carbons (Fsp3) is 0.150. The van der Waals surface area contributed by atoms with E-state index in [0.717, 1.165) is 22.4 Å². The van der Waals surface area contributed by atoms with E-state index in [2.05, 4.69) is 10.3 Å². The van der Waals surface area contributed by atoms with Crippen LogP contribution in [-0.4, -0.2) is 28.8 Å². The van der Waals surface area contributed by atoms with Crippen molar-refractivity contribution in [3.8, 4) is 5.75 Å². The SMILES string of the molecule is Cc1ccc(C)c(N=C2NC(=O)/C(=C\c3cccc(OCC(=O)O)c3)S2)c1. The van der Waals surface area contributed by atoms with Crippen LogP contribution in [0.3, 0.4) is 0 Å². The predicted molar refractivity (Wildman–Crippen MR) is 106 cm³/mol. The largest absolute Gasteiger partial charge is 0.482 e. The van der Waals surface area contributed by atoms with Gasteiger partial charge in [-0.2, -0.15) is 0 Å². The van der Waals surface area contributed by atoms with E-state index >= 15 is 0 Å². The van der Waals surface area contributed by atoms with Crippen LogP contribution in [-0.2, 0) is 9.59 Å². The molecule has 0 spiro atoms. The average molecular weight is 382 g/mol. The van der Waals surface area contributed by atoms with Crippen LogP contribution < -0.4 is 10.1 Å². The summed E-state index contributed by atoms with van der Waals surface area (Å²) in [6.07, 6.45) is 1.72. The zero-order valence-corrected chi connectivity index (χ0v) is 15.7. The van der Waals surface area contributed by atoms with Gasteiger partial charge in [0.1, 0.15) is 5.75 Å². The molecule has 27 heavy (non-hydrogen) atoms. The summed E-state index contributed by atoms with van der Waals surface area (Å²) in [5.74, 6) is -0.836. The monoisotopic (exact) mass is 382 g/mol. The third-order valence-corrected chi connectivity index (χ3v) is 4.67. The minimum Gasteiger partial charge on any atom is -0.482 e. The molecule has 138 valence electrons. The van der Waals surface area contributed by atoms with E-state index in [1.807, 2.05) is 38.1 Å². The van der Waals surface area contributed by atoms with Gasteiger partial charge in [0, 0.05) is 0 Å². The Morgan fingerprint density at radius 1 is 1.26 bits per heavy atom. The Morgan fingerprint density at radius 2 is 2.07 bits per heavy atom. The quantitative estimate of drug-likeness (QED) is 0.771. The van der Waals surface area contributed by atoms with E-state index in [1.165, 1.54) is 11.8 Å². The normalized spacial score (nSPS) is 16.6. The molecule has 2 aromatic carbocycles. The van der Waals surface area contributed by atoms with Crippen molar-refractivity contribution in [2.24, 2.45) is 4.99 Å². The summed E-state index contributed by atoms with van der Waals surface area (Å²) in [6.45, 7) is 3.55. The molecule has 2 aromatic rings. The van der Waals surface area contributed by atoms with Crippen LogP contribution in [0.5, 0.6) is 5.75 Å².